The number of pyridine rings is 1. The molecule has 0 aliphatic carbocycles. The fourth-order valence-electron chi connectivity index (χ4n) is 3.55. The number of imidazole rings is 1. The smallest absolute Gasteiger partial charge is 0.0948 e. The Kier molecular flexibility index (Phi) is 4.63. The lowest BCUT2D eigenvalue weighted by molar-refractivity contribution is 0.199. The number of nitrogens with zero attached hydrogens (tertiary/aromatic N) is 5. The van der Waals surface area contributed by atoms with Gasteiger partial charge in [0.15, 0.2) is 0 Å². The topological polar surface area (TPSA) is 46.8 Å². The molecule has 0 unspecified atom stereocenters. The van der Waals surface area contributed by atoms with Gasteiger partial charge in [-0.05, 0) is 38.4 Å². The fraction of sp³-hybridized carbons (Fsp3) is 0.421. The zero-order chi connectivity index (χ0) is 17.2. The molecule has 0 amide bonds. The zero-order valence-electron chi connectivity index (χ0n) is 14.7. The Labute approximate surface area is 152 Å². The summed E-state index contributed by atoms with van der Waals surface area (Å²) in [5, 5.41) is 0. The van der Waals surface area contributed by atoms with Crippen LogP contribution in [0.25, 0.3) is 11.4 Å². The third kappa shape index (κ3) is 3.50. The summed E-state index contributed by atoms with van der Waals surface area (Å²) in [6, 6.07) is 6.37. The molecule has 1 aliphatic heterocycles. The van der Waals surface area contributed by atoms with E-state index in [0.717, 1.165) is 31.0 Å². The van der Waals surface area contributed by atoms with Crippen molar-refractivity contribution in [3.63, 3.8) is 0 Å². The second-order valence-corrected chi connectivity index (χ2v) is 7.71. The van der Waals surface area contributed by atoms with Crippen LogP contribution in [0.4, 0.5) is 0 Å². The maximum Gasteiger partial charge on any atom is 0.0948 e. The molecule has 4 heterocycles. The van der Waals surface area contributed by atoms with E-state index in [-0.39, 0.29) is 0 Å². The average Bonchev–Trinajstić information content (AvgIpc) is 3.24. The number of rotatable bonds is 4. The van der Waals surface area contributed by atoms with Crippen LogP contribution < -0.4 is 0 Å². The van der Waals surface area contributed by atoms with Gasteiger partial charge in [0.05, 0.1) is 35.1 Å². The standard InChI is InChI=1S/C19H23N5S/c1-14-19(25-13-21-14)11-24-8-4-5-15(10-24)16-6-3-7-17(22-16)18-9-20-12-23(18)2/h3,6-7,9,12-13,15H,4-5,8,10-11H2,1-2H3/t15-/m0/s1. The second-order valence-electron chi connectivity index (χ2n) is 6.77. The molecule has 3 aromatic heterocycles. The number of piperidine rings is 1. The summed E-state index contributed by atoms with van der Waals surface area (Å²) in [5.41, 5.74) is 6.39. The lowest BCUT2D eigenvalue weighted by Gasteiger charge is -2.32. The molecule has 0 saturated carbocycles. The van der Waals surface area contributed by atoms with Gasteiger partial charge in [0.2, 0.25) is 0 Å². The highest BCUT2D eigenvalue weighted by Gasteiger charge is 2.23. The van der Waals surface area contributed by atoms with Crippen LogP contribution in [0.5, 0.6) is 0 Å². The molecule has 0 aromatic carbocycles. The van der Waals surface area contributed by atoms with E-state index >= 15 is 0 Å². The van der Waals surface area contributed by atoms with Gasteiger partial charge in [0.1, 0.15) is 0 Å². The summed E-state index contributed by atoms with van der Waals surface area (Å²) < 4.78 is 2.02. The van der Waals surface area contributed by atoms with E-state index in [1.165, 1.54) is 29.1 Å². The van der Waals surface area contributed by atoms with Gasteiger partial charge in [-0.25, -0.2) is 9.97 Å². The van der Waals surface area contributed by atoms with Gasteiger partial charge in [-0.15, -0.1) is 11.3 Å². The van der Waals surface area contributed by atoms with Crippen LogP contribution >= 0.6 is 11.3 Å². The first-order valence-electron chi connectivity index (χ1n) is 8.75. The first-order valence-corrected chi connectivity index (χ1v) is 9.63. The van der Waals surface area contributed by atoms with Crippen LogP contribution in [-0.2, 0) is 13.6 Å². The minimum atomic E-state index is 0.496. The highest BCUT2D eigenvalue weighted by molar-refractivity contribution is 7.09. The Bertz CT molecular complexity index is 853. The van der Waals surface area contributed by atoms with Crippen molar-refractivity contribution in [2.45, 2.75) is 32.2 Å². The zero-order valence-corrected chi connectivity index (χ0v) is 15.5. The van der Waals surface area contributed by atoms with E-state index in [0.29, 0.717) is 5.92 Å². The van der Waals surface area contributed by atoms with Gasteiger partial charge in [0, 0.05) is 36.6 Å². The number of hydrogen-bond donors (Lipinski definition) is 0. The first kappa shape index (κ1) is 16.4. The predicted molar refractivity (Wildman–Crippen MR) is 101 cm³/mol. The molecule has 0 bridgehead atoms. The summed E-state index contributed by atoms with van der Waals surface area (Å²) >= 11 is 1.76. The van der Waals surface area contributed by atoms with Crippen molar-refractivity contribution in [2.75, 3.05) is 13.1 Å². The number of likely N-dealkylation sites (tertiary alicyclic amines) is 1. The monoisotopic (exact) mass is 353 g/mol. The molecule has 0 spiro atoms. The molecule has 5 nitrogen and oxygen atoms in total. The molecular formula is C19H23N5S. The molecule has 3 aromatic rings. The largest absolute Gasteiger partial charge is 0.332 e. The van der Waals surface area contributed by atoms with Crippen molar-refractivity contribution in [2.24, 2.45) is 7.05 Å². The van der Waals surface area contributed by atoms with Crippen LogP contribution in [0.2, 0.25) is 0 Å². The molecule has 25 heavy (non-hydrogen) atoms. The highest BCUT2D eigenvalue weighted by atomic mass is 32.1. The minimum absolute atomic E-state index is 0.496. The fourth-order valence-corrected chi connectivity index (χ4v) is 4.37. The van der Waals surface area contributed by atoms with E-state index in [9.17, 15) is 0 Å². The third-order valence-corrected chi connectivity index (χ3v) is 5.91. The summed E-state index contributed by atoms with van der Waals surface area (Å²) in [5.74, 6) is 0.496. The minimum Gasteiger partial charge on any atom is -0.332 e. The SMILES string of the molecule is Cc1ncsc1CN1CCC[C@H](c2cccc(-c3cncn3C)n2)C1. The Balaban J connectivity index is 1.51. The summed E-state index contributed by atoms with van der Waals surface area (Å²) in [7, 11) is 2.01. The van der Waals surface area contributed by atoms with Crippen LogP contribution in [0, 0.1) is 6.92 Å². The normalized spacial score (nSPS) is 18.6. The van der Waals surface area contributed by atoms with E-state index in [1.807, 2.05) is 29.6 Å². The van der Waals surface area contributed by atoms with Gasteiger partial charge in [-0.3, -0.25) is 9.88 Å². The first-order chi connectivity index (χ1) is 12.2. The van der Waals surface area contributed by atoms with E-state index in [1.54, 1.807) is 11.3 Å². The molecule has 1 fully saturated rings. The second kappa shape index (κ2) is 7.06. The Morgan fingerprint density at radius 2 is 2.24 bits per heavy atom. The van der Waals surface area contributed by atoms with E-state index < -0.39 is 0 Å². The average molecular weight is 353 g/mol. The van der Waals surface area contributed by atoms with Crippen LogP contribution in [-0.4, -0.2) is 37.5 Å². The molecule has 6 heteroatoms. The Hall–Kier alpha value is -2.05. The van der Waals surface area contributed by atoms with Gasteiger partial charge >= 0.3 is 0 Å². The molecule has 4 rings (SSSR count). The van der Waals surface area contributed by atoms with Crippen molar-refractivity contribution in [1.82, 2.24) is 24.4 Å². The van der Waals surface area contributed by atoms with Gasteiger partial charge in [-0.2, -0.15) is 0 Å². The molecular weight excluding hydrogens is 330 g/mol. The molecule has 0 N–H and O–H groups in total. The van der Waals surface area contributed by atoms with Crippen molar-refractivity contribution >= 4 is 11.3 Å². The van der Waals surface area contributed by atoms with Crippen molar-refractivity contribution in [3.05, 3.63) is 52.5 Å². The summed E-state index contributed by atoms with van der Waals surface area (Å²) in [4.78, 5) is 17.5. The van der Waals surface area contributed by atoms with Crippen molar-refractivity contribution in [3.8, 4) is 11.4 Å². The molecule has 0 radical (unpaired) electrons. The van der Waals surface area contributed by atoms with Gasteiger partial charge in [0.25, 0.3) is 0 Å². The third-order valence-electron chi connectivity index (χ3n) is 4.99. The lowest BCUT2D eigenvalue weighted by atomic mass is 9.94. The maximum absolute atomic E-state index is 4.95. The van der Waals surface area contributed by atoms with Crippen molar-refractivity contribution in [1.29, 1.82) is 0 Å². The molecule has 1 aliphatic rings. The summed E-state index contributed by atoms with van der Waals surface area (Å²) in [6.45, 7) is 5.34. The van der Waals surface area contributed by atoms with Gasteiger partial charge in [-0.1, -0.05) is 6.07 Å². The Morgan fingerprint density at radius 3 is 3.00 bits per heavy atom. The summed E-state index contributed by atoms with van der Waals surface area (Å²) in [6.07, 6.45) is 6.13. The highest BCUT2D eigenvalue weighted by Crippen LogP contribution is 2.29. The molecule has 1 atom stereocenters. The van der Waals surface area contributed by atoms with Crippen LogP contribution in [0.15, 0.2) is 36.2 Å². The van der Waals surface area contributed by atoms with Crippen LogP contribution in [0.1, 0.15) is 35.0 Å². The van der Waals surface area contributed by atoms with Crippen LogP contribution in [0.3, 0.4) is 0 Å². The molecule has 1 saturated heterocycles. The maximum atomic E-state index is 4.95. The lowest BCUT2D eigenvalue weighted by Crippen LogP contribution is -2.34. The predicted octanol–water partition coefficient (Wildman–Crippen LogP) is 3.63. The van der Waals surface area contributed by atoms with Crippen molar-refractivity contribution < 1.29 is 0 Å². The number of thiazole rings is 1. The van der Waals surface area contributed by atoms with E-state index in [2.05, 4.69) is 40.0 Å². The number of aryl methyl sites for hydroxylation is 2. The number of hydrogen-bond acceptors (Lipinski definition) is 5. The number of aromatic nitrogens is 4. The van der Waals surface area contributed by atoms with E-state index in [4.69, 9.17) is 4.98 Å². The molecule has 130 valence electrons. The quantitative estimate of drug-likeness (QED) is 0.719. The Morgan fingerprint density at radius 1 is 1.32 bits per heavy atom. The van der Waals surface area contributed by atoms with Gasteiger partial charge < -0.3 is 4.57 Å².